The number of halogens is 1. The lowest BCUT2D eigenvalue weighted by molar-refractivity contribution is 0.0726. The summed E-state index contributed by atoms with van der Waals surface area (Å²) in [4.78, 5) is 19.0. The minimum Gasteiger partial charge on any atom is -0.339 e. The summed E-state index contributed by atoms with van der Waals surface area (Å²) in [6.07, 6.45) is 4.84. The number of nitrogens with zero attached hydrogens (tertiary/aromatic N) is 5. The molecule has 30 heavy (non-hydrogen) atoms. The molecule has 4 heterocycles. The highest BCUT2D eigenvalue weighted by Crippen LogP contribution is 2.29. The minimum atomic E-state index is -0.437. The summed E-state index contributed by atoms with van der Waals surface area (Å²) < 4.78 is 21.1. The van der Waals surface area contributed by atoms with Crippen molar-refractivity contribution < 1.29 is 13.7 Å². The van der Waals surface area contributed by atoms with Gasteiger partial charge in [-0.1, -0.05) is 11.2 Å². The third-order valence-corrected chi connectivity index (χ3v) is 5.45. The molecule has 0 aliphatic carbocycles. The average molecular weight is 405 g/mol. The number of rotatable bonds is 3. The van der Waals surface area contributed by atoms with Gasteiger partial charge in [-0.25, -0.2) is 8.91 Å². The van der Waals surface area contributed by atoms with Gasteiger partial charge >= 0.3 is 0 Å². The van der Waals surface area contributed by atoms with Crippen molar-refractivity contribution in [3.05, 3.63) is 59.9 Å². The molecule has 1 saturated heterocycles. The van der Waals surface area contributed by atoms with E-state index in [1.165, 1.54) is 6.07 Å². The molecule has 7 nitrogen and oxygen atoms in total. The first-order valence-corrected chi connectivity index (χ1v) is 9.98. The molecule has 0 N–H and O–H groups in total. The van der Waals surface area contributed by atoms with Crippen LogP contribution >= 0.6 is 0 Å². The first-order chi connectivity index (χ1) is 14.6. The Hall–Kier alpha value is -3.55. The number of fused-ring (bicyclic) bond motifs is 1. The van der Waals surface area contributed by atoms with E-state index in [0.29, 0.717) is 11.5 Å². The van der Waals surface area contributed by atoms with Gasteiger partial charge in [0.2, 0.25) is 11.7 Å². The molecule has 3 aromatic heterocycles. The van der Waals surface area contributed by atoms with E-state index in [1.54, 1.807) is 29.8 Å². The number of likely N-dealkylation sites (tertiary alicyclic amines) is 1. The second kappa shape index (κ2) is 7.37. The number of piperidine rings is 1. The molecule has 4 aromatic rings. The van der Waals surface area contributed by atoms with Gasteiger partial charge in [0.05, 0.1) is 28.5 Å². The summed E-state index contributed by atoms with van der Waals surface area (Å²) in [5.41, 5.74) is 3.03. The van der Waals surface area contributed by atoms with Crippen molar-refractivity contribution in [3.8, 4) is 22.6 Å². The van der Waals surface area contributed by atoms with Crippen LogP contribution in [-0.4, -0.2) is 43.7 Å². The Morgan fingerprint density at radius 1 is 1.13 bits per heavy atom. The average Bonchev–Trinajstić information content (AvgIpc) is 3.40. The fourth-order valence-corrected chi connectivity index (χ4v) is 3.93. The molecular weight excluding hydrogens is 385 g/mol. The zero-order valence-corrected chi connectivity index (χ0v) is 16.5. The van der Waals surface area contributed by atoms with Crippen molar-refractivity contribution in [2.24, 2.45) is 0 Å². The standard InChI is InChI=1S/C22H20FN5O2/c1-14-25-21(26-30-14)16-12-15(8-9-18(16)23)19-6-5-7-20-17(13-24-28(19)20)22(29)27-10-3-2-4-11-27/h5-9,12-13H,2-4,10-11H2,1H3. The molecule has 0 saturated carbocycles. The Morgan fingerprint density at radius 2 is 1.97 bits per heavy atom. The quantitative estimate of drug-likeness (QED) is 0.512. The number of amides is 1. The highest BCUT2D eigenvalue weighted by molar-refractivity contribution is 6.01. The summed E-state index contributed by atoms with van der Waals surface area (Å²) in [5.74, 6) is 0.127. The lowest BCUT2D eigenvalue weighted by atomic mass is 10.1. The molecule has 0 atom stereocenters. The van der Waals surface area contributed by atoms with Gasteiger partial charge in [0.25, 0.3) is 5.91 Å². The van der Waals surface area contributed by atoms with Gasteiger partial charge in [0, 0.05) is 25.6 Å². The molecule has 0 radical (unpaired) electrons. The molecule has 0 unspecified atom stereocenters. The predicted molar refractivity (Wildman–Crippen MR) is 108 cm³/mol. The summed E-state index contributed by atoms with van der Waals surface area (Å²) >= 11 is 0. The lowest BCUT2D eigenvalue weighted by Gasteiger charge is -2.26. The Labute approximate surface area is 172 Å². The van der Waals surface area contributed by atoms with Crippen molar-refractivity contribution in [1.82, 2.24) is 24.7 Å². The van der Waals surface area contributed by atoms with E-state index in [9.17, 15) is 9.18 Å². The first-order valence-electron chi connectivity index (χ1n) is 9.98. The molecule has 1 aromatic carbocycles. The highest BCUT2D eigenvalue weighted by atomic mass is 19.1. The second-order valence-electron chi connectivity index (χ2n) is 7.45. The molecule has 152 valence electrons. The van der Waals surface area contributed by atoms with Crippen LogP contribution in [0.25, 0.3) is 28.2 Å². The minimum absolute atomic E-state index is 0.00363. The van der Waals surface area contributed by atoms with Crippen LogP contribution in [0.1, 0.15) is 35.5 Å². The van der Waals surface area contributed by atoms with E-state index in [-0.39, 0.29) is 17.3 Å². The number of carbonyl (C=O) groups excluding carboxylic acids is 1. The number of benzene rings is 1. The van der Waals surface area contributed by atoms with E-state index < -0.39 is 5.82 Å². The third kappa shape index (κ3) is 3.14. The van der Waals surface area contributed by atoms with Gasteiger partial charge in [-0.2, -0.15) is 10.1 Å². The van der Waals surface area contributed by atoms with Crippen molar-refractivity contribution in [2.45, 2.75) is 26.2 Å². The van der Waals surface area contributed by atoms with E-state index in [1.807, 2.05) is 23.1 Å². The molecule has 1 fully saturated rings. The zero-order valence-electron chi connectivity index (χ0n) is 16.5. The predicted octanol–water partition coefficient (Wildman–Crippen LogP) is 4.12. The van der Waals surface area contributed by atoms with Crippen LogP contribution < -0.4 is 0 Å². The van der Waals surface area contributed by atoms with E-state index in [4.69, 9.17) is 4.52 Å². The number of pyridine rings is 1. The number of hydrogen-bond acceptors (Lipinski definition) is 5. The molecule has 0 spiro atoms. The molecular formula is C22H20FN5O2. The number of hydrogen-bond donors (Lipinski definition) is 0. The summed E-state index contributed by atoms with van der Waals surface area (Å²) in [5, 5.41) is 8.29. The monoisotopic (exact) mass is 405 g/mol. The van der Waals surface area contributed by atoms with Gasteiger partial charge in [-0.3, -0.25) is 4.79 Å². The Bertz CT molecular complexity index is 1240. The van der Waals surface area contributed by atoms with Crippen LogP contribution in [-0.2, 0) is 0 Å². The second-order valence-corrected chi connectivity index (χ2v) is 7.45. The molecule has 8 heteroatoms. The summed E-state index contributed by atoms with van der Waals surface area (Å²) in [6, 6.07) is 10.4. The van der Waals surface area contributed by atoms with Gasteiger partial charge in [0.15, 0.2) is 0 Å². The Morgan fingerprint density at radius 3 is 2.73 bits per heavy atom. The maximum Gasteiger partial charge on any atom is 0.257 e. The van der Waals surface area contributed by atoms with Crippen LogP contribution in [0.2, 0.25) is 0 Å². The Kier molecular flexibility index (Phi) is 4.54. The summed E-state index contributed by atoms with van der Waals surface area (Å²) in [7, 11) is 0. The van der Waals surface area contributed by atoms with Gasteiger partial charge < -0.3 is 9.42 Å². The number of carbonyl (C=O) groups is 1. The highest BCUT2D eigenvalue weighted by Gasteiger charge is 2.22. The fourth-order valence-electron chi connectivity index (χ4n) is 3.93. The molecule has 1 aliphatic heterocycles. The van der Waals surface area contributed by atoms with Crippen LogP contribution in [0.15, 0.2) is 47.1 Å². The topological polar surface area (TPSA) is 76.5 Å². The molecule has 0 bridgehead atoms. The Balaban J connectivity index is 1.57. The van der Waals surface area contributed by atoms with Crippen LogP contribution in [0, 0.1) is 12.7 Å². The zero-order chi connectivity index (χ0) is 20.7. The smallest absolute Gasteiger partial charge is 0.257 e. The molecule has 1 aliphatic rings. The van der Waals surface area contributed by atoms with Crippen molar-refractivity contribution >= 4 is 11.4 Å². The van der Waals surface area contributed by atoms with Gasteiger partial charge in [-0.05, 0) is 49.6 Å². The SMILES string of the molecule is Cc1nc(-c2cc(-c3cccc4c(C(=O)N5CCCCC5)cnn34)ccc2F)no1. The largest absolute Gasteiger partial charge is 0.339 e. The number of aryl methyl sites for hydroxylation is 1. The first kappa shape index (κ1) is 18.5. The van der Waals surface area contributed by atoms with Crippen LogP contribution in [0.5, 0.6) is 0 Å². The van der Waals surface area contributed by atoms with Crippen LogP contribution in [0.4, 0.5) is 4.39 Å². The maximum absolute atomic E-state index is 14.4. The van der Waals surface area contributed by atoms with E-state index in [0.717, 1.165) is 49.1 Å². The lowest BCUT2D eigenvalue weighted by Crippen LogP contribution is -2.35. The van der Waals surface area contributed by atoms with Crippen molar-refractivity contribution in [1.29, 1.82) is 0 Å². The van der Waals surface area contributed by atoms with Crippen molar-refractivity contribution in [3.63, 3.8) is 0 Å². The number of aromatic nitrogens is 4. The van der Waals surface area contributed by atoms with Crippen LogP contribution in [0.3, 0.4) is 0 Å². The summed E-state index contributed by atoms with van der Waals surface area (Å²) in [6.45, 7) is 3.21. The fraction of sp³-hybridized carbons (Fsp3) is 0.273. The third-order valence-electron chi connectivity index (χ3n) is 5.45. The maximum atomic E-state index is 14.4. The van der Waals surface area contributed by atoms with E-state index >= 15 is 0 Å². The molecule has 5 rings (SSSR count). The normalized spacial score (nSPS) is 14.4. The van der Waals surface area contributed by atoms with Crippen molar-refractivity contribution in [2.75, 3.05) is 13.1 Å². The van der Waals surface area contributed by atoms with Gasteiger partial charge in [-0.15, -0.1) is 0 Å². The molecule has 1 amide bonds. The van der Waals surface area contributed by atoms with Gasteiger partial charge in [0.1, 0.15) is 5.82 Å². The van der Waals surface area contributed by atoms with E-state index in [2.05, 4.69) is 15.2 Å².